The summed E-state index contributed by atoms with van der Waals surface area (Å²) in [4.78, 5) is 8.89. The van der Waals surface area contributed by atoms with Gasteiger partial charge in [0.05, 0.1) is 10.7 Å². The number of rotatable bonds is 2. The lowest BCUT2D eigenvalue weighted by Gasteiger charge is -2.20. The summed E-state index contributed by atoms with van der Waals surface area (Å²) in [6.45, 7) is 2.24. The predicted octanol–water partition coefficient (Wildman–Crippen LogP) is 3.09. The topological polar surface area (TPSA) is 37.8 Å². The Kier molecular flexibility index (Phi) is 4.69. The van der Waals surface area contributed by atoms with E-state index in [1.54, 1.807) is 17.5 Å². The molecule has 3 heterocycles. The van der Waals surface area contributed by atoms with Gasteiger partial charge >= 0.3 is 0 Å². The monoisotopic (exact) mass is 281 g/mol. The van der Waals surface area contributed by atoms with E-state index in [1.807, 2.05) is 12.3 Å². The Labute approximate surface area is 117 Å². The molecule has 2 aromatic heterocycles. The average molecular weight is 282 g/mol. The van der Waals surface area contributed by atoms with Crippen LogP contribution in [0.4, 0.5) is 0 Å². The minimum absolute atomic E-state index is 0. The second-order valence-corrected chi connectivity index (χ2v) is 5.23. The Balaban J connectivity index is 0.00000120. The SMILES string of the molecule is Cl.c1cncc(-c2csc(C3CCNCC3)n2)c1. The normalized spacial score (nSPS) is 16.2. The summed E-state index contributed by atoms with van der Waals surface area (Å²) in [7, 11) is 0. The van der Waals surface area contributed by atoms with E-state index in [4.69, 9.17) is 4.98 Å². The van der Waals surface area contributed by atoms with E-state index in [2.05, 4.69) is 21.7 Å². The largest absolute Gasteiger partial charge is 0.317 e. The molecule has 3 rings (SSSR count). The first-order valence-corrected chi connectivity index (χ1v) is 6.88. The molecule has 1 aliphatic rings. The maximum Gasteiger partial charge on any atom is 0.0964 e. The first-order valence-electron chi connectivity index (χ1n) is 6.00. The summed E-state index contributed by atoms with van der Waals surface area (Å²) in [5.74, 6) is 0.645. The van der Waals surface area contributed by atoms with Crippen molar-refractivity contribution in [3.05, 3.63) is 34.9 Å². The molecule has 1 aliphatic heterocycles. The highest BCUT2D eigenvalue weighted by atomic mass is 35.5. The molecule has 0 radical (unpaired) electrons. The van der Waals surface area contributed by atoms with Crippen LogP contribution in [-0.4, -0.2) is 23.1 Å². The number of hydrogen-bond acceptors (Lipinski definition) is 4. The number of piperidine rings is 1. The molecule has 18 heavy (non-hydrogen) atoms. The molecule has 3 nitrogen and oxygen atoms in total. The van der Waals surface area contributed by atoms with Crippen LogP contribution in [0.3, 0.4) is 0 Å². The van der Waals surface area contributed by atoms with Gasteiger partial charge in [0, 0.05) is 29.3 Å². The molecule has 1 saturated heterocycles. The van der Waals surface area contributed by atoms with E-state index in [0.717, 1.165) is 24.3 Å². The highest BCUT2D eigenvalue weighted by Crippen LogP contribution is 2.30. The van der Waals surface area contributed by atoms with Crippen LogP contribution < -0.4 is 5.32 Å². The molecular formula is C13H16ClN3S. The van der Waals surface area contributed by atoms with Crippen LogP contribution in [0.2, 0.25) is 0 Å². The van der Waals surface area contributed by atoms with Gasteiger partial charge in [0.15, 0.2) is 0 Å². The van der Waals surface area contributed by atoms with E-state index < -0.39 is 0 Å². The van der Waals surface area contributed by atoms with Gasteiger partial charge in [0.25, 0.3) is 0 Å². The van der Waals surface area contributed by atoms with Gasteiger partial charge in [0.2, 0.25) is 0 Å². The molecule has 0 aromatic carbocycles. The quantitative estimate of drug-likeness (QED) is 0.919. The Bertz CT molecular complexity index is 480. The zero-order valence-electron chi connectivity index (χ0n) is 10.0. The van der Waals surface area contributed by atoms with E-state index in [1.165, 1.54) is 17.8 Å². The standard InChI is InChI=1S/C13H15N3S.ClH/c1-2-11(8-15-5-1)12-9-17-13(16-12)10-3-6-14-7-4-10;/h1-2,5,8-10,14H,3-4,6-7H2;1H. The van der Waals surface area contributed by atoms with Gasteiger partial charge in [-0.2, -0.15) is 0 Å². The molecule has 0 amide bonds. The molecule has 0 bridgehead atoms. The van der Waals surface area contributed by atoms with Crippen LogP contribution in [0.1, 0.15) is 23.8 Å². The van der Waals surface area contributed by atoms with Gasteiger partial charge in [-0.3, -0.25) is 4.98 Å². The number of thiazole rings is 1. The van der Waals surface area contributed by atoms with Crippen LogP contribution in [0.5, 0.6) is 0 Å². The van der Waals surface area contributed by atoms with Crippen molar-refractivity contribution in [2.45, 2.75) is 18.8 Å². The van der Waals surface area contributed by atoms with Gasteiger partial charge < -0.3 is 5.32 Å². The number of hydrogen-bond donors (Lipinski definition) is 1. The summed E-state index contributed by atoms with van der Waals surface area (Å²) in [5.41, 5.74) is 2.18. The minimum Gasteiger partial charge on any atom is -0.317 e. The number of nitrogens with zero attached hydrogens (tertiary/aromatic N) is 2. The van der Waals surface area contributed by atoms with Gasteiger partial charge in [-0.05, 0) is 38.1 Å². The molecule has 0 unspecified atom stereocenters. The number of pyridine rings is 1. The second kappa shape index (κ2) is 6.27. The van der Waals surface area contributed by atoms with Crippen LogP contribution in [-0.2, 0) is 0 Å². The minimum atomic E-state index is 0. The Morgan fingerprint density at radius 2 is 2.11 bits per heavy atom. The van der Waals surface area contributed by atoms with E-state index in [9.17, 15) is 0 Å². The van der Waals surface area contributed by atoms with Crippen molar-refractivity contribution in [3.8, 4) is 11.3 Å². The zero-order valence-corrected chi connectivity index (χ0v) is 11.6. The first-order chi connectivity index (χ1) is 8.43. The van der Waals surface area contributed by atoms with Crippen molar-refractivity contribution >= 4 is 23.7 Å². The molecule has 2 aromatic rings. The molecule has 0 aliphatic carbocycles. The van der Waals surface area contributed by atoms with Crippen molar-refractivity contribution in [3.63, 3.8) is 0 Å². The first kappa shape index (κ1) is 13.5. The summed E-state index contributed by atoms with van der Waals surface area (Å²) >= 11 is 1.78. The fraction of sp³-hybridized carbons (Fsp3) is 0.385. The van der Waals surface area contributed by atoms with Crippen LogP contribution in [0.25, 0.3) is 11.3 Å². The van der Waals surface area contributed by atoms with Crippen LogP contribution >= 0.6 is 23.7 Å². The summed E-state index contributed by atoms with van der Waals surface area (Å²) in [6, 6.07) is 4.02. The van der Waals surface area contributed by atoms with Gasteiger partial charge in [0.1, 0.15) is 0 Å². The summed E-state index contributed by atoms with van der Waals surface area (Å²) < 4.78 is 0. The Hall–Kier alpha value is -0.970. The lowest BCUT2D eigenvalue weighted by Crippen LogP contribution is -2.26. The zero-order chi connectivity index (χ0) is 11.5. The fourth-order valence-electron chi connectivity index (χ4n) is 2.19. The maximum absolute atomic E-state index is 4.75. The van der Waals surface area contributed by atoms with Gasteiger partial charge in [-0.25, -0.2) is 4.98 Å². The van der Waals surface area contributed by atoms with E-state index in [0.29, 0.717) is 5.92 Å². The van der Waals surface area contributed by atoms with Gasteiger partial charge in [-0.15, -0.1) is 23.7 Å². The molecule has 5 heteroatoms. The second-order valence-electron chi connectivity index (χ2n) is 4.34. The van der Waals surface area contributed by atoms with Crippen LogP contribution in [0.15, 0.2) is 29.9 Å². The van der Waals surface area contributed by atoms with Crippen molar-refractivity contribution in [2.24, 2.45) is 0 Å². The van der Waals surface area contributed by atoms with Gasteiger partial charge in [-0.1, -0.05) is 0 Å². The fourth-order valence-corrected chi connectivity index (χ4v) is 3.19. The average Bonchev–Trinajstić information content (AvgIpc) is 2.90. The molecule has 1 N–H and O–H groups in total. The summed E-state index contributed by atoms with van der Waals surface area (Å²) in [6.07, 6.45) is 6.09. The van der Waals surface area contributed by atoms with Crippen molar-refractivity contribution < 1.29 is 0 Å². The van der Waals surface area contributed by atoms with Crippen LogP contribution in [0, 0.1) is 0 Å². The lowest BCUT2D eigenvalue weighted by atomic mass is 9.99. The highest BCUT2D eigenvalue weighted by molar-refractivity contribution is 7.10. The van der Waals surface area contributed by atoms with Crippen molar-refractivity contribution in [1.82, 2.24) is 15.3 Å². The summed E-state index contributed by atoms with van der Waals surface area (Å²) in [5, 5.41) is 6.82. The lowest BCUT2D eigenvalue weighted by molar-refractivity contribution is 0.459. The molecule has 0 atom stereocenters. The smallest absolute Gasteiger partial charge is 0.0964 e. The van der Waals surface area contributed by atoms with E-state index >= 15 is 0 Å². The molecule has 0 saturated carbocycles. The van der Waals surface area contributed by atoms with Crippen molar-refractivity contribution in [2.75, 3.05) is 13.1 Å². The molecule has 96 valence electrons. The third-order valence-corrected chi connectivity index (χ3v) is 4.17. The van der Waals surface area contributed by atoms with Crippen molar-refractivity contribution in [1.29, 1.82) is 0 Å². The third-order valence-electron chi connectivity index (χ3n) is 3.17. The van der Waals surface area contributed by atoms with E-state index in [-0.39, 0.29) is 12.4 Å². The number of nitrogens with one attached hydrogen (secondary N) is 1. The predicted molar refractivity (Wildman–Crippen MR) is 77.4 cm³/mol. The maximum atomic E-state index is 4.75. The number of aromatic nitrogens is 2. The number of halogens is 1. The molecule has 0 spiro atoms. The third kappa shape index (κ3) is 2.88. The highest BCUT2D eigenvalue weighted by Gasteiger charge is 2.18. The molecule has 1 fully saturated rings. The molecular weight excluding hydrogens is 266 g/mol. The Morgan fingerprint density at radius 3 is 2.83 bits per heavy atom. The Morgan fingerprint density at radius 1 is 1.28 bits per heavy atom.